The zero-order valence-electron chi connectivity index (χ0n) is 20.4. The molecule has 0 N–H and O–H groups in total. The molecule has 0 saturated heterocycles. The number of nitro benzene ring substituents is 2. The van der Waals surface area contributed by atoms with Crippen LogP contribution in [-0.2, 0) is 6.61 Å². The van der Waals surface area contributed by atoms with Crippen LogP contribution in [0.2, 0.25) is 0 Å². The molecule has 0 saturated carbocycles. The van der Waals surface area contributed by atoms with Gasteiger partial charge in [-0.3, -0.25) is 25.0 Å². The lowest BCUT2D eigenvalue weighted by atomic mass is 10.1. The Labute approximate surface area is 224 Å². The number of halogens is 1. The minimum absolute atomic E-state index is 0.00617. The van der Waals surface area contributed by atoms with Crippen LogP contribution in [0.3, 0.4) is 0 Å². The predicted molar refractivity (Wildman–Crippen MR) is 146 cm³/mol. The van der Waals surface area contributed by atoms with Gasteiger partial charge in [0, 0.05) is 34.2 Å². The van der Waals surface area contributed by atoms with Gasteiger partial charge in [-0.15, -0.1) is 0 Å². The first-order valence-corrected chi connectivity index (χ1v) is 12.4. The Balaban J connectivity index is 1.67. The summed E-state index contributed by atoms with van der Waals surface area (Å²) in [7, 11) is 0. The van der Waals surface area contributed by atoms with Gasteiger partial charge in [-0.05, 0) is 42.3 Å². The average Bonchev–Trinajstić information content (AvgIpc) is 2.91. The summed E-state index contributed by atoms with van der Waals surface area (Å²) in [6, 6.07) is 15.4. The van der Waals surface area contributed by atoms with Crippen molar-refractivity contribution in [1.82, 2.24) is 9.66 Å². The summed E-state index contributed by atoms with van der Waals surface area (Å²) in [6.07, 6.45) is 2.09. The van der Waals surface area contributed by atoms with Gasteiger partial charge in [0.1, 0.15) is 12.4 Å². The number of aromatic nitrogens is 2. The molecule has 0 fully saturated rings. The van der Waals surface area contributed by atoms with Crippen molar-refractivity contribution in [3.05, 3.63) is 113 Å². The first-order valence-electron chi connectivity index (χ1n) is 11.6. The normalized spacial score (nSPS) is 12.1. The van der Waals surface area contributed by atoms with Crippen LogP contribution in [0.4, 0.5) is 11.4 Å². The standard InChI is InChI=1S/C26H22BrN5O6/c1-3-16(2)25-29-22-9-8-19(27)13-21(22)26(33)30(25)28-14-17-7-10-24(23(12-17)32(36)37)38-15-18-5-4-6-20(11-18)31(34)35/h4-14,16H,3,15H2,1-2H3/t16-/m1/s1. The number of hydrogen-bond acceptors (Lipinski definition) is 8. The summed E-state index contributed by atoms with van der Waals surface area (Å²) in [5, 5.41) is 27.5. The maximum Gasteiger partial charge on any atom is 0.311 e. The van der Waals surface area contributed by atoms with E-state index in [4.69, 9.17) is 4.74 Å². The van der Waals surface area contributed by atoms with E-state index in [0.717, 1.165) is 10.9 Å². The number of nitrogens with zero attached hydrogens (tertiary/aromatic N) is 5. The fraction of sp³-hybridized carbons (Fsp3) is 0.192. The molecule has 0 aliphatic rings. The Morgan fingerprint density at radius 1 is 1.11 bits per heavy atom. The molecule has 1 atom stereocenters. The van der Waals surface area contributed by atoms with Crippen LogP contribution < -0.4 is 10.3 Å². The van der Waals surface area contributed by atoms with Crippen LogP contribution >= 0.6 is 15.9 Å². The van der Waals surface area contributed by atoms with Crippen LogP contribution in [0.5, 0.6) is 5.75 Å². The summed E-state index contributed by atoms with van der Waals surface area (Å²) >= 11 is 3.37. The molecule has 0 spiro atoms. The number of benzene rings is 3. The number of fused-ring (bicyclic) bond motifs is 1. The number of hydrogen-bond donors (Lipinski definition) is 0. The van der Waals surface area contributed by atoms with Gasteiger partial charge in [-0.1, -0.05) is 41.9 Å². The van der Waals surface area contributed by atoms with E-state index in [1.807, 2.05) is 19.9 Å². The molecule has 4 aromatic rings. The molecular formula is C26H22BrN5O6. The minimum atomic E-state index is -0.591. The van der Waals surface area contributed by atoms with Gasteiger partial charge in [-0.25, -0.2) is 4.98 Å². The van der Waals surface area contributed by atoms with Crippen LogP contribution in [0.15, 0.2) is 75.0 Å². The Hall–Kier alpha value is -4.45. The summed E-state index contributed by atoms with van der Waals surface area (Å²) < 4.78 is 7.55. The van der Waals surface area contributed by atoms with Crippen molar-refractivity contribution in [2.45, 2.75) is 32.8 Å². The smallest absolute Gasteiger partial charge is 0.311 e. The Kier molecular flexibility index (Phi) is 7.91. The van der Waals surface area contributed by atoms with E-state index in [1.165, 1.54) is 41.2 Å². The highest BCUT2D eigenvalue weighted by molar-refractivity contribution is 9.10. The molecule has 1 heterocycles. The fourth-order valence-electron chi connectivity index (χ4n) is 3.70. The van der Waals surface area contributed by atoms with Gasteiger partial charge in [0.15, 0.2) is 5.75 Å². The van der Waals surface area contributed by atoms with Gasteiger partial charge in [0.25, 0.3) is 11.2 Å². The lowest BCUT2D eigenvalue weighted by Gasteiger charge is -2.14. The van der Waals surface area contributed by atoms with Crippen molar-refractivity contribution in [2.24, 2.45) is 5.10 Å². The SMILES string of the molecule is CC[C@@H](C)c1nc2ccc(Br)cc2c(=O)n1N=Cc1ccc(OCc2cccc([N+](=O)[O-])c2)c([N+](=O)[O-])c1. The molecule has 0 radical (unpaired) electrons. The Morgan fingerprint density at radius 2 is 1.89 bits per heavy atom. The van der Waals surface area contributed by atoms with Gasteiger partial charge in [0.2, 0.25) is 0 Å². The molecule has 0 amide bonds. The van der Waals surface area contributed by atoms with E-state index in [-0.39, 0.29) is 35.2 Å². The molecule has 0 aliphatic heterocycles. The summed E-state index contributed by atoms with van der Waals surface area (Å²) in [4.78, 5) is 39.5. The first kappa shape index (κ1) is 26.6. The molecule has 194 valence electrons. The second-order valence-electron chi connectivity index (χ2n) is 8.50. The summed E-state index contributed by atoms with van der Waals surface area (Å²) in [6.45, 7) is 3.82. The lowest BCUT2D eigenvalue weighted by Crippen LogP contribution is -2.23. The van der Waals surface area contributed by atoms with E-state index in [9.17, 15) is 25.0 Å². The topological polar surface area (TPSA) is 143 Å². The third kappa shape index (κ3) is 5.75. The molecule has 0 aliphatic carbocycles. The van der Waals surface area contributed by atoms with Crippen LogP contribution in [-0.4, -0.2) is 25.7 Å². The molecule has 11 nitrogen and oxygen atoms in total. The predicted octanol–water partition coefficient (Wildman–Crippen LogP) is 5.95. The van der Waals surface area contributed by atoms with Crippen molar-refractivity contribution >= 4 is 44.4 Å². The zero-order valence-corrected chi connectivity index (χ0v) is 22.0. The summed E-state index contributed by atoms with van der Waals surface area (Å²) in [5.74, 6) is 0.412. The lowest BCUT2D eigenvalue weighted by molar-refractivity contribution is -0.386. The molecule has 12 heteroatoms. The minimum Gasteiger partial charge on any atom is -0.482 e. The van der Waals surface area contributed by atoms with Crippen molar-refractivity contribution in [1.29, 1.82) is 0 Å². The number of ether oxygens (including phenoxy) is 1. The maximum absolute atomic E-state index is 13.3. The zero-order chi connectivity index (χ0) is 27.4. The number of non-ortho nitro benzene ring substituents is 1. The highest BCUT2D eigenvalue weighted by Crippen LogP contribution is 2.29. The van der Waals surface area contributed by atoms with Gasteiger partial charge < -0.3 is 4.74 Å². The molecule has 38 heavy (non-hydrogen) atoms. The molecule has 0 bridgehead atoms. The molecule has 1 aromatic heterocycles. The van der Waals surface area contributed by atoms with Crippen LogP contribution in [0.25, 0.3) is 10.9 Å². The van der Waals surface area contributed by atoms with E-state index in [1.54, 1.807) is 24.3 Å². The Bertz CT molecular complexity index is 1630. The quantitative estimate of drug-likeness (QED) is 0.135. The monoisotopic (exact) mass is 579 g/mol. The largest absolute Gasteiger partial charge is 0.482 e. The molecular weight excluding hydrogens is 558 g/mol. The fourth-order valence-corrected chi connectivity index (χ4v) is 4.06. The first-order chi connectivity index (χ1) is 18.2. The van der Waals surface area contributed by atoms with Gasteiger partial charge in [0.05, 0.1) is 27.0 Å². The highest BCUT2D eigenvalue weighted by atomic mass is 79.9. The van der Waals surface area contributed by atoms with Crippen LogP contribution in [0, 0.1) is 20.2 Å². The maximum atomic E-state index is 13.3. The average molecular weight is 580 g/mol. The highest BCUT2D eigenvalue weighted by Gasteiger charge is 2.18. The van der Waals surface area contributed by atoms with Crippen molar-refractivity contribution in [2.75, 3.05) is 0 Å². The van der Waals surface area contributed by atoms with E-state index < -0.39 is 9.85 Å². The van der Waals surface area contributed by atoms with E-state index in [0.29, 0.717) is 27.9 Å². The van der Waals surface area contributed by atoms with E-state index >= 15 is 0 Å². The Morgan fingerprint density at radius 3 is 2.61 bits per heavy atom. The molecule has 4 rings (SSSR count). The van der Waals surface area contributed by atoms with Gasteiger partial charge in [-0.2, -0.15) is 9.78 Å². The number of nitro groups is 2. The van der Waals surface area contributed by atoms with Crippen LogP contribution in [0.1, 0.15) is 43.1 Å². The second-order valence-corrected chi connectivity index (χ2v) is 9.42. The van der Waals surface area contributed by atoms with Gasteiger partial charge >= 0.3 is 5.69 Å². The molecule has 3 aromatic carbocycles. The summed E-state index contributed by atoms with van der Waals surface area (Å²) in [5.41, 5.74) is 0.654. The third-order valence-corrected chi connectivity index (χ3v) is 6.40. The van der Waals surface area contributed by atoms with E-state index in [2.05, 4.69) is 26.0 Å². The van der Waals surface area contributed by atoms with Crippen molar-refractivity contribution in [3.8, 4) is 5.75 Å². The van der Waals surface area contributed by atoms with Crippen molar-refractivity contribution < 1.29 is 14.6 Å². The second kappa shape index (κ2) is 11.3. The molecule has 0 unspecified atom stereocenters. The third-order valence-electron chi connectivity index (χ3n) is 5.90. The number of rotatable bonds is 9. The van der Waals surface area contributed by atoms with Crippen molar-refractivity contribution in [3.63, 3.8) is 0 Å².